The lowest BCUT2D eigenvalue weighted by molar-refractivity contribution is 0.0508. The molecule has 0 fully saturated rings. The molecular formula is C25H26N2O2. The summed E-state index contributed by atoms with van der Waals surface area (Å²) in [5.41, 5.74) is 2.92. The van der Waals surface area contributed by atoms with Gasteiger partial charge in [0.05, 0.1) is 12.2 Å². The van der Waals surface area contributed by atoms with Crippen molar-refractivity contribution in [3.63, 3.8) is 0 Å². The first-order valence-corrected chi connectivity index (χ1v) is 10.1. The largest absolute Gasteiger partial charge is 0.494 e. The Morgan fingerprint density at radius 3 is 2.52 bits per heavy atom. The third kappa shape index (κ3) is 3.70. The number of hydrogen-bond acceptors (Lipinski definition) is 3. The predicted octanol–water partition coefficient (Wildman–Crippen LogP) is 5.42. The zero-order chi connectivity index (χ0) is 20.3. The van der Waals surface area contributed by atoms with Gasteiger partial charge in [-0.05, 0) is 43.2 Å². The minimum atomic E-state index is -0.702. The van der Waals surface area contributed by atoms with Crippen molar-refractivity contribution in [2.75, 3.05) is 11.9 Å². The molecule has 4 rings (SSSR count). The van der Waals surface area contributed by atoms with Crippen molar-refractivity contribution in [2.24, 2.45) is 0 Å². The number of rotatable bonds is 6. The monoisotopic (exact) mass is 386 g/mol. The Kier molecular flexibility index (Phi) is 5.26. The van der Waals surface area contributed by atoms with Crippen molar-refractivity contribution in [3.8, 4) is 5.75 Å². The summed E-state index contributed by atoms with van der Waals surface area (Å²) in [5.74, 6) is 0.837. The SMILES string of the molecule is CCCOc1cccc(C2(C)Nc3ccccc3C(=O)N2Cc2ccccc2)c1. The molecule has 0 spiro atoms. The van der Waals surface area contributed by atoms with Gasteiger partial charge in [0.1, 0.15) is 11.4 Å². The lowest BCUT2D eigenvalue weighted by Crippen LogP contribution is -2.55. The first-order chi connectivity index (χ1) is 14.1. The lowest BCUT2D eigenvalue weighted by atomic mass is 9.92. The number of carbonyl (C=O) groups is 1. The molecule has 1 atom stereocenters. The van der Waals surface area contributed by atoms with Crippen LogP contribution in [0.15, 0.2) is 78.9 Å². The molecule has 29 heavy (non-hydrogen) atoms. The summed E-state index contributed by atoms with van der Waals surface area (Å²) in [5, 5.41) is 3.62. The molecule has 1 amide bonds. The number of nitrogens with zero attached hydrogens (tertiary/aromatic N) is 1. The molecule has 1 unspecified atom stereocenters. The number of anilines is 1. The van der Waals surface area contributed by atoms with Gasteiger partial charge in [0.15, 0.2) is 0 Å². The first-order valence-electron chi connectivity index (χ1n) is 10.1. The highest BCUT2D eigenvalue weighted by molar-refractivity contribution is 6.02. The summed E-state index contributed by atoms with van der Waals surface area (Å²) in [6, 6.07) is 25.8. The van der Waals surface area contributed by atoms with Crippen LogP contribution in [-0.2, 0) is 12.2 Å². The molecule has 0 aliphatic carbocycles. The number of carbonyl (C=O) groups excluding carboxylic acids is 1. The summed E-state index contributed by atoms with van der Waals surface area (Å²) < 4.78 is 5.85. The van der Waals surface area contributed by atoms with Crippen molar-refractivity contribution in [2.45, 2.75) is 32.5 Å². The Morgan fingerprint density at radius 1 is 0.966 bits per heavy atom. The van der Waals surface area contributed by atoms with Gasteiger partial charge in [0, 0.05) is 17.8 Å². The molecule has 0 aromatic heterocycles. The highest BCUT2D eigenvalue weighted by atomic mass is 16.5. The molecule has 1 aliphatic heterocycles. The number of para-hydroxylation sites is 1. The van der Waals surface area contributed by atoms with Gasteiger partial charge in [0.25, 0.3) is 5.91 Å². The van der Waals surface area contributed by atoms with Crippen LogP contribution in [0.3, 0.4) is 0 Å². The van der Waals surface area contributed by atoms with Gasteiger partial charge in [-0.1, -0.05) is 61.5 Å². The second-order valence-electron chi connectivity index (χ2n) is 7.50. The molecule has 0 saturated heterocycles. The van der Waals surface area contributed by atoms with Crippen LogP contribution in [0.4, 0.5) is 5.69 Å². The predicted molar refractivity (Wildman–Crippen MR) is 116 cm³/mol. The number of amides is 1. The molecule has 1 heterocycles. The number of benzene rings is 3. The third-order valence-corrected chi connectivity index (χ3v) is 5.37. The van der Waals surface area contributed by atoms with Gasteiger partial charge < -0.3 is 15.0 Å². The lowest BCUT2D eigenvalue weighted by Gasteiger charge is -2.47. The Labute approximate surface area is 172 Å². The molecule has 4 heteroatoms. The maximum Gasteiger partial charge on any atom is 0.258 e. The quantitative estimate of drug-likeness (QED) is 0.615. The van der Waals surface area contributed by atoms with E-state index in [2.05, 4.69) is 31.3 Å². The first kappa shape index (κ1) is 19.1. The number of hydrogen-bond donors (Lipinski definition) is 1. The minimum Gasteiger partial charge on any atom is -0.494 e. The van der Waals surface area contributed by atoms with Gasteiger partial charge in [-0.15, -0.1) is 0 Å². The van der Waals surface area contributed by atoms with Crippen LogP contribution in [-0.4, -0.2) is 17.4 Å². The summed E-state index contributed by atoms with van der Waals surface area (Å²) in [4.78, 5) is 15.4. The van der Waals surface area contributed by atoms with Crippen molar-refractivity contribution in [1.29, 1.82) is 0 Å². The molecule has 4 nitrogen and oxygen atoms in total. The van der Waals surface area contributed by atoms with Gasteiger partial charge in [-0.2, -0.15) is 0 Å². The molecule has 1 N–H and O–H groups in total. The van der Waals surface area contributed by atoms with Crippen LogP contribution in [0, 0.1) is 0 Å². The van der Waals surface area contributed by atoms with Crippen LogP contribution >= 0.6 is 0 Å². The standard InChI is InChI=1S/C25H26N2O2/c1-3-16-29-21-13-9-12-20(17-21)25(2)26-23-15-8-7-14-22(23)24(28)27(25)18-19-10-5-4-6-11-19/h4-15,17,26H,3,16,18H2,1-2H3. The maximum atomic E-state index is 13.5. The van der Waals surface area contributed by atoms with Crippen LogP contribution < -0.4 is 10.1 Å². The van der Waals surface area contributed by atoms with E-state index in [4.69, 9.17) is 4.74 Å². The molecule has 148 valence electrons. The van der Waals surface area contributed by atoms with Crippen LogP contribution in [0.1, 0.15) is 41.8 Å². The van der Waals surface area contributed by atoms with Gasteiger partial charge in [0.2, 0.25) is 0 Å². The fourth-order valence-electron chi connectivity index (χ4n) is 3.79. The van der Waals surface area contributed by atoms with E-state index >= 15 is 0 Å². The van der Waals surface area contributed by atoms with Crippen LogP contribution in [0.25, 0.3) is 0 Å². The van der Waals surface area contributed by atoms with E-state index in [1.54, 1.807) is 0 Å². The third-order valence-electron chi connectivity index (χ3n) is 5.37. The van der Waals surface area contributed by atoms with E-state index in [0.717, 1.165) is 29.0 Å². The molecular weight excluding hydrogens is 360 g/mol. The zero-order valence-electron chi connectivity index (χ0n) is 16.9. The number of nitrogens with one attached hydrogen (secondary N) is 1. The average molecular weight is 386 g/mol. The van der Waals surface area contributed by atoms with Crippen molar-refractivity contribution in [3.05, 3.63) is 95.6 Å². The fourth-order valence-corrected chi connectivity index (χ4v) is 3.79. The molecule has 1 aliphatic rings. The Bertz CT molecular complexity index is 1000. The second kappa shape index (κ2) is 8.00. The highest BCUT2D eigenvalue weighted by Gasteiger charge is 2.42. The van der Waals surface area contributed by atoms with Crippen molar-refractivity contribution >= 4 is 11.6 Å². The second-order valence-corrected chi connectivity index (χ2v) is 7.50. The van der Waals surface area contributed by atoms with Gasteiger partial charge in [-0.25, -0.2) is 0 Å². The van der Waals surface area contributed by atoms with Crippen molar-refractivity contribution < 1.29 is 9.53 Å². The number of fused-ring (bicyclic) bond motifs is 1. The van der Waals surface area contributed by atoms with E-state index in [-0.39, 0.29) is 5.91 Å². The maximum absolute atomic E-state index is 13.5. The Balaban J connectivity index is 1.78. The summed E-state index contributed by atoms with van der Waals surface area (Å²) in [6.07, 6.45) is 0.950. The highest BCUT2D eigenvalue weighted by Crippen LogP contribution is 2.39. The van der Waals surface area contributed by atoms with E-state index in [0.29, 0.717) is 18.7 Å². The Morgan fingerprint density at radius 2 is 1.72 bits per heavy atom. The minimum absolute atomic E-state index is 0.0191. The Hall–Kier alpha value is -3.27. The van der Waals surface area contributed by atoms with E-state index < -0.39 is 5.66 Å². The van der Waals surface area contributed by atoms with Gasteiger partial charge >= 0.3 is 0 Å². The number of ether oxygens (including phenoxy) is 1. The normalized spacial score (nSPS) is 18.1. The van der Waals surface area contributed by atoms with E-state index in [1.807, 2.05) is 71.6 Å². The summed E-state index contributed by atoms with van der Waals surface area (Å²) in [6.45, 7) is 5.33. The van der Waals surface area contributed by atoms with Gasteiger partial charge in [-0.3, -0.25) is 4.79 Å². The summed E-state index contributed by atoms with van der Waals surface area (Å²) in [7, 11) is 0. The topological polar surface area (TPSA) is 41.6 Å². The van der Waals surface area contributed by atoms with E-state index in [9.17, 15) is 4.79 Å². The molecule has 3 aromatic carbocycles. The fraction of sp³-hybridized carbons (Fsp3) is 0.240. The average Bonchev–Trinajstić information content (AvgIpc) is 2.76. The van der Waals surface area contributed by atoms with Crippen molar-refractivity contribution in [1.82, 2.24) is 4.90 Å². The van der Waals surface area contributed by atoms with E-state index in [1.165, 1.54) is 0 Å². The van der Waals surface area contributed by atoms with Crippen LogP contribution in [0.2, 0.25) is 0 Å². The molecule has 0 bridgehead atoms. The smallest absolute Gasteiger partial charge is 0.258 e. The zero-order valence-corrected chi connectivity index (χ0v) is 16.9. The molecule has 0 saturated carbocycles. The summed E-state index contributed by atoms with van der Waals surface area (Å²) >= 11 is 0. The van der Waals surface area contributed by atoms with Crippen LogP contribution in [0.5, 0.6) is 5.75 Å². The molecule has 3 aromatic rings. The molecule has 0 radical (unpaired) electrons.